The third-order valence-corrected chi connectivity index (χ3v) is 7.05. The van der Waals surface area contributed by atoms with Crippen LogP contribution in [0.4, 0.5) is 5.69 Å². The zero-order chi connectivity index (χ0) is 21.6. The van der Waals surface area contributed by atoms with E-state index in [1.54, 1.807) is 6.20 Å². The average Bonchev–Trinajstić information content (AvgIpc) is 3.55. The van der Waals surface area contributed by atoms with Crippen LogP contribution in [0.15, 0.2) is 18.5 Å². The summed E-state index contributed by atoms with van der Waals surface area (Å²) in [7, 11) is 0. The maximum absolute atomic E-state index is 13.5. The van der Waals surface area contributed by atoms with E-state index in [1.807, 2.05) is 29.0 Å². The first kappa shape index (κ1) is 19.9. The molecule has 0 bridgehead atoms. The number of amides is 2. The van der Waals surface area contributed by atoms with Crippen molar-refractivity contribution in [3.63, 3.8) is 0 Å². The van der Waals surface area contributed by atoms with Gasteiger partial charge in [0.15, 0.2) is 0 Å². The molecule has 8 nitrogen and oxygen atoms in total. The van der Waals surface area contributed by atoms with E-state index < -0.39 is 0 Å². The Kier molecular flexibility index (Phi) is 4.84. The van der Waals surface area contributed by atoms with Crippen LogP contribution in [0.2, 0.25) is 0 Å². The van der Waals surface area contributed by atoms with Crippen molar-refractivity contribution in [2.24, 2.45) is 11.3 Å². The molecule has 2 saturated heterocycles. The van der Waals surface area contributed by atoms with Crippen LogP contribution < -0.4 is 4.90 Å². The van der Waals surface area contributed by atoms with E-state index in [9.17, 15) is 14.9 Å². The number of fused-ring (bicyclic) bond motifs is 1. The van der Waals surface area contributed by atoms with Gasteiger partial charge in [-0.1, -0.05) is 0 Å². The van der Waals surface area contributed by atoms with Gasteiger partial charge in [0.2, 0.25) is 5.91 Å². The highest BCUT2D eigenvalue weighted by Gasteiger charge is 2.36. The standard InChI is InChI=1S/C23H28N6O2/c1-23(15-24)5-8-27(9-6-23)19-17-4-7-25-20(17)26-14-18(19)22(31)29-12-10-28(11-13-29)21(30)16-2-3-16/h4,7,14,16H,2-3,5-6,8-13H2,1H3,(H,25,26). The molecule has 0 unspecified atom stereocenters. The third-order valence-electron chi connectivity index (χ3n) is 7.05. The number of carbonyl (C=O) groups excluding carboxylic acids is 2. The Bertz CT molecular complexity index is 1050. The zero-order valence-corrected chi connectivity index (χ0v) is 17.9. The van der Waals surface area contributed by atoms with Crippen molar-refractivity contribution in [1.29, 1.82) is 5.26 Å². The summed E-state index contributed by atoms with van der Waals surface area (Å²) in [6.45, 7) is 5.78. The number of hydrogen-bond acceptors (Lipinski definition) is 5. The third kappa shape index (κ3) is 3.62. The fourth-order valence-electron chi connectivity index (χ4n) is 4.72. The summed E-state index contributed by atoms with van der Waals surface area (Å²) in [5.41, 5.74) is 1.97. The number of carbonyl (C=O) groups is 2. The first-order valence-corrected chi connectivity index (χ1v) is 11.2. The largest absolute Gasteiger partial charge is 0.370 e. The molecule has 162 valence electrons. The molecular formula is C23H28N6O2. The monoisotopic (exact) mass is 420 g/mol. The number of nitriles is 1. The number of nitrogens with one attached hydrogen (secondary N) is 1. The normalized spacial score (nSPS) is 21.2. The lowest BCUT2D eigenvalue weighted by atomic mass is 9.81. The van der Waals surface area contributed by atoms with Crippen molar-refractivity contribution in [2.45, 2.75) is 32.6 Å². The number of pyridine rings is 1. The van der Waals surface area contributed by atoms with E-state index in [1.165, 1.54) is 0 Å². The van der Waals surface area contributed by atoms with Gasteiger partial charge in [-0.25, -0.2) is 4.98 Å². The van der Waals surface area contributed by atoms with Gasteiger partial charge in [0, 0.05) is 63.0 Å². The van der Waals surface area contributed by atoms with E-state index in [-0.39, 0.29) is 23.1 Å². The van der Waals surface area contributed by atoms with Gasteiger partial charge < -0.3 is 19.7 Å². The average molecular weight is 421 g/mol. The maximum atomic E-state index is 13.5. The minimum atomic E-state index is -0.310. The van der Waals surface area contributed by atoms with Crippen LogP contribution in [-0.2, 0) is 4.79 Å². The molecule has 5 rings (SSSR count). The van der Waals surface area contributed by atoms with E-state index >= 15 is 0 Å². The highest BCUT2D eigenvalue weighted by molar-refractivity contribution is 6.07. The van der Waals surface area contributed by atoms with Gasteiger partial charge in [-0.05, 0) is 38.7 Å². The van der Waals surface area contributed by atoms with Crippen molar-refractivity contribution in [1.82, 2.24) is 19.8 Å². The maximum Gasteiger partial charge on any atom is 0.257 e. The predicted molar refractivity (Wildman–Crippen MR) is 116 cm³/mol. The van der Waals surface area contributed by atoms with Crippen LogP contribution in [0, 0.1) is 22.7 Å². The molecule has 0 atom stereocenters. The fourth-order valence-corrected chi connectivity index (χ4v) is 4.72. The lowest BCUT2D eigenvalue weighted by Gasteiger charge is -2.38. The summed E-state index contributed by atoms with van der Waals surface area (Å²) < 4.78 is 0. The number of anilines is 1. The Balaban J connectivity index is 1.38. The lowest BCUT2D eigenvalue weighted by Crippen LogP contribution is -2.51. The summed E-state index contributed by atoms with van der Waals surface area (Å²) >= 11 is 0. The number of piperazine rings is 1. The quantitative estimate of drug-likeness (QED) is 0.822. The Hall–Kier alpha value is -3.08. The first-order chi connectivity index (χ1) is 15.0. The molecule has 8 heteroatoms. The minimum Gasteiger partial charge on any atom is -0.370 e. The van der Waals surface area contributed by atoms with Crippen LogP contribution >= 0.6 is 0 Å². The summed E-state index contributed by atoms with van der Waals surface area (Å²) in [6, 6.07) is 4.42. The van der Waals surface area contributed by atoms with Gasteiger partial charge in [-0.15, -0.1) is 0 Å². The molecule has 2 aromatic rings. The Labute approximate surface area is 181 Å². The van der Waals surface area contributed by atoms with Gasteiger partial charge in [0.05, 0.1) is 22.7 Å². The molecule has 1 saturated carbocycles. The predicted octanol–water partition coefficient (Wildman–Crippen LogP) is 2.39. The van der Waals surface area contributed by atoms with Crippen molar-refractivity contribution in [2.75, 3.05) is 44.2 Å². The minimum absolute atomic E-state index is 0.0299. The molecule has 2 aromatic heterocycles. The molecule has 0 radical (unpaired) electrons. The van der Waals surface area contributed by atoms with Gasteiger partial charge in [-0.2, -0.15) is 5.26 Å². The van der Waals surface area contributed by atoms with Gasteiger partial charge in [-0.3, -0.25) is 9.59 Å². The summed E-state index contributed by atoms with van der Waals surface area (Å²) in [4.78, 5) is 39.5. The highest BCUT2D eigenvalue weighted by Crippen LogP contribution is 2.37. The van der Waals surface area contributed by atoms with Crippen LogP contribution in [0.25, 0.3) is 11.0 Å². The number of nitrogens with zero attached hydrogens (tertiary/aromatic N) is 5. The van der Waals surface area contributed by atoms with Crippen molar-refractivity contribution >= 4 is 28.5 Å². The van der Waals surface area contributed by atoms with E-state index in [4.69, 9.17) is 0 Å². The number of aromatic amines is 1. The highest BCUT2D eigenvalue weighted by atomic mass is 16.2. The smallest absolute Gasteiger partial charge is 0.257 e. The molecule has 3 fully saturated rings. The molecule has 31 heavy (non-hydrogen) atoms. The van der Waals surface area contributed by atoms with Gasteiger partial charge in [0.1, 0.15) is 5.65 Å². The molecule has 4 heterocycles. The Morgan fingerprint density at radius 1 is 1.13 bits per heavy atom. The first-order valence-electron chi connectivity index (χ1n) is 11.2. The molecular weight excluding hydrogens is 392 g/mol. The molecule has 1 aliphatic carbocycles. The van der Waals surface area contributed by atoms with Crippen LogP contribution in [0.5, 0.6) is 0 Å². The van der Waals surface area contributed by atoms with Crippen LogP contribution in [0.3, 0.4) is 0 Å². The van der Waals surface area contributed by atoms with Gasteiger partial charge in [0.25, 0.3) is 5.91 Å². The summed E-state index contributed by atoms with van der Waals surface area (Å²) in [5.74, 6) is 0.432. The van der Waals surface area contributed by atoms with Crippen LogP contribution in [-0.4, -0.2) is 70.9 Å². The number of aromatic nitrogens is 2. The van der Waals surface area contributed by atoms with Crippen molar-refractivity contribution in [3.8, 4) is 6.07 Å². The molecule has 1 N–H and O–H groups in total. The molecule has 0 aromatic carbocycles. The van der Waals surface area contributed by atoms with Crippen molar-refractivity contribution < 1.29 is 9.59 Å². The molecule has 3 aliphatic rings. The second-order valence-corrected chi connectivity index (χ2v) is 9.31. The number of rotatable bonds is 3. The molecule has 0 spiro atoms. The Morgan fingerprint density at radius 2 is 1.81 bits per heavy atom. The summed E-state index contributed by atoms with van der Waals surface area (Å²) in [5, 5.41) is 10.4. The zero-order valence-electron chi connectivity index (χ0n) is 17.9. The fraction of sp³-hybridized carbons (Fsp3) is 0.565. The number of piperidine rings is 1. The Morgan fingerprint density at radius 3 is 2.45 bits per heavy atom. The second-order valence-electron chi connectivity index (χ2n) is 9.31. The van der Waals surface area contributed by atoms with E-state index in [2.05, 4.69) is 20.9 Å². The number of hydrogen-bond donors (Lipinski definition) is 1. The van der Waals surface area contributed by atoms with Gasteiger partial charge >= 0.3 is 0 Å². The molecule has 2 aliphatic heterocycles. The van der Waals surface area contributed by atoms with E-state index in [0.29, 0.717) is 31.7 Å². The second kappa shape index (κ2) is 7.56. The molecule has 2 amide bonds. The van der Waals surface area contributed by atoms with Crippen molar-refractivity contribution in [3.05, 3.63) is 24.0 Å². The summed E-state index contributed by atoms with van der Waals surface area (Å²) in [6.07, 6.45) is 7.08. The topological polar surface area (TPSA) is 96.3 Å². The van der Waals surface area contributed by atoms with Crippen LogP contribution in [0.1, 0.15) is 43.0 Å². The van der Waals surface area contributed by atoms with E-state index in [0.717, 1.165) is 55.5 Å². The number of H-pyrrole nitrogens is 1. The SMILES string of the molecule is CC1(C#N)CCN(c2c(C(=O)N3CCN(C(=O)C4CC4)CC3)cnc3[nH]ccc23)CC1. The lowest BCUT2D eigenvalue weighted by molar-refractivity contribution is -0.134.